The van der Waals surface area contributed by atoms with Gasteiger partial charge in [-0.1, -0.05) is 24.3 Å². The number of benzene rings is 3. The number of hydrogen-bond donors (Lipinski definition) is 2. The van der Waals surface area contributed by atoms with Crippen LogP contribution in [0.25, 0.3) is 0 Å². The Morgan fingerprint density at radius 3 is 2.38 bits per heavy atom. The molecule has 8 heteroatoms. The number of methoxy groups -OCH3 is 1. The molecular formula is C24H26N2O5S. The van der Waals surface area contributed by atoms with Gasteiger partial charge in [0.1, 0.15) is 11.5 Å². The fourth-order valence-electron chi connectivity index (χ4n) is 2.99. The van der Waals surface area contributed by atoms with Crippen LogP contribution in [0.2, 0.25) is 0 Å². The third kappa shape index (κ3) is 6.49. The fourth-order valence-corrected chi connectivity index (χ4v) is 4.05. The summed E-state index contributed by atoms with van der Waals surface area (Å²) in [6.45, 7) is 2.30. The van der Waals surface area contributed by atoms with Crippen molar-refractivity contribution < 1.29 is 22.7 Å². The smallest absolute Gasteiger partial charge is 0.262 e. The van der Waals surface area contributed by atoms with Gasteiger partial charge in [0.25, 0.3) is 10.0 Å². The number of para-hydroxylation sites is 1. The van der Waals surface area contributed by atoms with Gasteiger partial charge in [-0.15, -0.1) is 0 Å². The standard InChI is InChI=1S/C24H26N2O5S/c1-18-10-15-23(30-2)22(17-18)26-32(28,29)21-13-11-19(12-14-21)25-24(27)9-6-16-31-20-7-4-3-5-8-20/h3-5,7-8,10-15,17,26H,6,9,16H2,1-2H3,(H,25,27). The number of hydrogen-bond acceptors (Lipinski definition) is 5. The molecule has 2 N–H and O–H groups in total. The van der Waals surface area contributed by atoms with Gasteiger partial charge in [0.05, 0.1) is 24.3 Å². The minimum absolute atomic E-state index is 0.0790. The molecule has 0 unspecified atom stereocenters. The third-order valence-electron chi connectivity index (χ3n) is 4.61. The number of nitrogens with one attached hydrogen (secondary N) is 2. The number of carbonyl (C=O) groups is 1. The van der Waals surface area contributed by atoms with Gasteiger partial charge in [0, 0.05) is 12.1 Å². The summed E-state index contributed by atoms with van der Waals surface area (Å²) < 4.78 is 38.8. The Kier molecular flexibility index (Phi) is 7.72. The lowest BCUT2D eigenvalue weighted by Gasteiger charge is -2.13. The summed E-state index contributed by atoms with van der Waals surface area (Å²) in [6, 6.07) is 20.6. The zero-order chi connectivity index (χ0) is 23.0. The van der Waals surface area contributed by atoms with Crippen molar-refractivity contribution in [3.05, 3.63) is 78.4 Å². The Hall–Kier alpha value is -3.52. The zero-order valence-corrected chi connectivity index (χ0v) is 18.8. The molecule has 0 aliphatic heterocycles. The van der Waals surface area contributed by atoms with Crippen LogP contribution in [-0.2, 0) is 14.8 Å². The molecule has 32 heavy (non-hydrogen) atoms. The molecule has 0 radical (unpaired) electrons. The Bertz CT molecular complexity index is 1150. The lowest BCUT2D eigenvalue weighted by Crippen LogP contribution is -2.15. The summed E-state index contributed by atoms with van der Waals surface area (Å²) in [5.74, 6) is 1.03. The molecule has 0 saturated heterocycles. The van der Waals surface area contributed by atoms with Crippen LogP contribution in [-0.4, -0.2) is 28.0 Å². The van der Waals surface area contributed by atoms with Gasteiger partial charge >= 0.3 is 0 Å². The minimum Gasteiger partial charge on any atom is -0.495 e. The van der Waals surface area contributed by atoms with E-state index in [1.165, 1.54) is 19.2 Å². The van der Waals surface area contributed by atoms with E-state index in [2.05, 4.69) is 10.0 Å². The lowest BCUT2D eigenvalue weighted by molar-refractivity contribution is -0.116. The molecule has 7 nitrogen and oxygen atoms in total. The van der Waals surface area contributed by atoms with E-state index in [9.17, 15) is 13.2 Å². The van der Waals surface area contributed by atoms with E-state index < -0.39 is 10.0 Å². The molecule has 3 rings (SSSR count). The quantitative estimate of drug-likeness (QED) is 0.437. The molecule has 0 aliphatic carbocycles. The average Bonchev–Trinajstić information content (AvgIpc) is 2.78. The topological polar surface area (TPSA) is 93.7 Å². The van der Waals surface area contributed by atoms with Gasteiger partial charge in [-0.3, -0.25) is 9.52 Å². The molecule has 0 spiro atoms. The first kappa shape index (κ1) is 23.1. The average molecular weight is 455 g/mol. The normalized spacial score (nSPS) is 10.9. The molecular weight excluding hydrogens is 428 g/mol. The molecule has 0 bridgehead atoms. The molecule has 3 aromatic carbocycles. The predicted molar refractivity (Wildman–Crippen MR) is 125 cm³/mol. The largest absolute Gasteiger partial charge is 0.495 e. The summed E-state index contributed by atoms with van der Waals surface area (Å²) in [4.78, 5) is 12.2. The molecule has 0 saturated carbocycles. The first-order chi connectivity index (χ1) is 15.4. The van der Waals surface area contributed by atoms with Gasteiger partial charge in [-0.25, -0.2) is 8.42 Å². The second-order valence-corrected chi connectivity index (χ2v) is 8.83. The second kappa shape index (κ2) is 10.7. The Balaban J connectivity index is 1.53. The van der Waals surface area contributed by atoms with Crippen LogP contribution in [0.4, 0.5) is 11.4 Å². The number of carbonyl (C=O) groups excluding carboxylic acids is 1. The van der Waals surface area contributed by atoms with Crippen molar-refractivity contribution in [3.63, 3.8) is 0 Å². The van der Waals surface area contributed by atoms with Crippen LogP contribution < -0.4 is 19.5 Å². The third-order valence-corrected chi connectivity index (χ3v) is 5.99. The molecule has 0 fully saturated rings. The highest BCUT2D eigenvalue weighted by Gasteiger charge is 2.17. The Morgan fingerprint density at radius 1 is 0.969 bits per heavy atom. The van der Waals surface area contributed by atoms with Crippen LogP contribution >= 0.6 is 0 Å². The van der Waals surface area contributed by atoms with E-state index in [1.54, 1.807) is 24.3 Å². The van der Waals surface area contributed by atoms with Crippen molar-refractivity contribution in [2.45, 2.75) is 24.7 Å². The molecule has 1 amide bonds. The van der Waals surface area contributed by atoms with Crippen LogP contribution in [0.5, 0.6) is 11.5 Å². The maximum atomic E-state index is 12.7. The van der Waals surface area contributed by atoms with Crippen molar-refractivity contribution in [3.8, 4) is 11.5 Å². The van der Waals surface area contributed by atoms with Gasteiger partial charge in [-0.2, -0.15) is 0 Å². The van der Waals surface area contributed by atoms with Gasteiger partial charge in [0.15, 0.2) is 0 Å². The number of ether oxygens (including phenoxy) is 2. The first-order valence-corrected chi connectivity index (χ1v) is 11.6. The van der Waals surface area contributed by atoms with Crippen LogP contribution in [0.1, 0.15) is 18.4 Å². The molecule has 3 aromatic rings. The van der Waals surface area contributed by atoms with Crippen LogP contribution in [0.3, 0.4) is 0 Å². The zero-order valence-electron chi connectivity index (χ0n) is 18.0. The number of rotatable bonds is 10. The van der Waals surface area contributed by atoms with E-state index >= 15 is 0 Å². The van der Waals surface area contributed by atoms with E-state index in [0.717, 1.165) is 11.3 Å². The summed E-state index contributed by atoms with van der Waals surface area (Å²) >= 11 is 0. The van der Waals surface area contributed by atoms with E-state index in [1.807, 2.05) is 43.3 Å². The van der Waals surface area contributed by atoms with Crippen molar-refractivity contribution in [2.24, 2.45) is 0 Å². The summed E-state index contributed by atoms with van der Waals surface area (Å²) in [6.07, 6.45) is 0.858. The summed E-state index contributed by atoms with van der Waals surface area (Å²) in [5, 5.41) is 2.76. The second-order valence-electron chi connectivity index (χ2n) is 7.15. The summed E-state index contributed by atoms with van der Waals surface area (Å²) in [5.41, 5.74) is 1.78. The van der Waals surface area contributed by atoms with Crippen LogP contribution in [0.15, 0.2) is 77.7 Å². The maximum absolute atomic E-state index is 12.7. The number of aryl methyl sites for hydroxylation is 1. The van der Waals surface area contributed by atoms with Crippen LogP contribution in [0, 0.1) is 6.92 Å². The molecule has 168 valence electrons. The van der Waals surface area contributed by atoms with Crippen molar-refractivity contribution in [2.75, 3.05) is 23.8 Å². The highest BCUT2D eigenvalue weighted by molar-refractivity contribution is 7.92. The molecule has 0 heterocycles. The number of anilines is 2. The highest BCUT2D eigenvalue weighted by Crippen LogP contribution is 2.28. The number of amides is 1. The maximum Gasteiger partial charge on any atom is 0.262 e. The van der Waals surface area contributed by atoms with Gasteiger partial charge in [-0.05, 0) is 67.4 Å². The van der Waals surface area contributed by atoms with E-state index in [-0.39, 0.29) is 10.8 Å². The van der Waals surface area contributed by atoms with Gasteiger partial charge in [0.2, 0.25) is 5.91 Å². The van der Waals surface area contributed by atoms with E-state index in [0.29, 0.717) is 36.6 Å². The number of sulfonamides is 1. The minimum atomic E-state index is -3.81. The summed E-state index contributed by atoms with van der Waals surface area (Å²) in [7, 11) is -2.33. The predicted octanol–water partition coefficient (Wildman–Crippen LogP) is 4.60. The Morgan fingerprint density at radius 2 is 1.69 bits per heavy atom. The van der Waals surface area contributed by atoms with Crippen molar-refractivity contribution in [1.82, 2.24) is 0 Å². The lowest BCUT2D eigenvalue weighted by atomic mass is 10.2. The fraction of sp³-hybridized carbons (Fsp3) is 0.208. The van der Waals surface area contributed by atoms with Gasteiger partial charge < -0.3 is 14.8 Å². The Labute approximate surface area is 188 Å². The van der Waals surface area contributed by atoms with Crippen molar-refractivity contribution in [1.29, 1.82) is 0 Å². The molecule has 0 aromatic heterocycles. The SMILES string of the molecule is COc1ccc(C)cc1NS(=O)(=O)c1ccc(NC(=O)CCCOc2ccccc2)cc1. The molecule has 0 atom stereocenters. The first-order valence-electron chi connectivity index (χ1n) is 10.1. The molecule has 0 aliphatic rings. The highest BCUT2D eigenvalue weighted by atomic mass is 32.2. The van der Waals surface area contributed by atoms with E-state index in [4.69, 9.17) is 9.47 Å². The van der Waals surface area contributed by atoms with Crippen molar-refractivity contribution >= 4 is 27.3 Å². The monoisotopic (exact) mass is 454 g/mol.